The average Bonchev–Trinajstić information content (AvgIpc) is 2.35. The van der Waals surface area contributed by atoms with E-state index in [-0.39, 0.29) is 5.41 Å². The summed E-state index contributed by atoms with van der Waals surface area (Å²) in [6, 6.07) is 0. The highest BCUT2D eigenvalue weighted by molar-refractivity contribution is 4.96. The first kappa shape index (κ1) is 8.90. The SMILES string of the molecule is C=CCn1nnc(C(C)(C)C)n1. The van der Waals surface area contributed by atoms with Crippen LogP contribution in [-0.2, 0) is 12.0 Å². The second-order valence-electron chi connectivity index (χ2n) is 3.71. The summed E-state index contributed by atoms with van der Waals surface area (Å²) in [6.45, 7) is 10.4. The van der Waals surface area contributed by atoms with Gasteiger partial charge in [-0.1, -0.05) is 26.8 Å². The molecule has 0 aliphatic heterocycles. The predicted octanol–water partition coefficient (Wildman–Crippen LogP) is 1.16. The second-order valence-corrected chi connectivity index (χ2v) is 3.71. The topological polar surface area (TPSA) is 43.6 Å². The molecule has 0 fully saturated rings. The standard InChI is InChI=1S/C8H14N4/c1-5-6-12-10-7(9-11-12)8(2,3)4/h5H,1,6H2,2-4H3. The second kappa shape index (κ2) is 3.05. The molecule has 1 aromatic heterocycles. The van der Waals surface area contributed by atoms with Crippen molar-refractivity contribution in [2.75, 3.05) is 0 Å². The Morgan fingerprint density at radius 2 is 2.17 bits per heavy atom. The van der Waals surface area contributed by atoms with Crippen LogP contribution < -0.4 is 0 Å². The maximum atomic E-state index is 4.19. The third-order valence-corrected chi connectivity index (χ3v) is 1.42. The Balaban J connectivity index is 2.84. The summed E-state index contributed by atoms with van der Waals surface area (Å²) in [6.07, 6.45) is 1.74. The summed E-state index contributed by atoms with van der Waals surface area (Å²) in [5.41, 5.74) is -0.0284. The molecule has 0 aliphatic carbocycles. The Hall–Kier alpha value is -1.19. The molecule has 4 heteroatoms. The van der Waals surface area contributed by atoms with Crippen molar-refractivity contribution in [1.29, 1.82) is 0 Å². The molecule has 0 saturated carbocycles. The van der Waals surface area contributed by atoms with Gasteiger partial charge in [0.15, 0.2) is 5.82 Å². The van der Waals surface area contributed by atoms with E-state index in [1.807, 2.05) is 0 Å². The lowest BCUT2D eigenvalue weighted by molar-refractivity contribution is 0.530. The molecule has 66 valence electrons. The highest BCUT2D eigenvalue weighted by Gasteiger charge is 2.19. The Morgan fingerprint density at radius 3 is 2.58 bits per heavy atom. The molecule has 1 rings (SSSR count). The summed E-state index contributed by atoms with van der Waals surface area (Å²) < 4.78 is 0. The van der Waals surface area contributed by atoms with Crippen LogP contribution in [0, 0.1) is 0 Å². The lowest BCUT2D eigenvalue weighted by Crippen LogP contribution is -2.14. The van der Waals surface area contributed by atoms with Gasteiger partial charge in [-0.15, -0.1) is 16.8 Å². The largest absolute Gasteiger partial charge is 0.180 e. The first-order valence-electron chi connectivity index (χ1n) is 3.93. The monoisotopic (exact) mass is 166 g/mol. The van der Waals surface area contributed by atoms with E-state index >= 15 is 0 Å². The fourth-order valence-electron chi connectivity index (χ4n) is 0.736. The number of rotatable bonds is 2. The minimum atomic E-state index is -0.0284. The van der Waals surface area contributed by atoms with E-state index in [2.05, 4.69) is 42.8 Å². The number of aromatic nitrogens is 4. The van der Waals surface area contributed by atoms with Gasteiger partial charge >= 0.3 is 0 Å². The molecule has 0 saturated heterocycles. The van der Waals surface area contributed by atoms with Crippen LogP contribution in [0.3, 0.4) is 0 Å². The van der Waals surface area contributed by atoms with E-state index in [0.717, 1.165) is 5.82 Å². The maximum absolute atomic E-state index is 4.19. The van der Waals surface area contributed by atoms with Crippen LogP contribution >= 0.6 is 0 Å². The molecule has 0 aliphatic rings. The third-order valence-electron chi connectivity index (χ3n) is 1.42. The van der Waals surface area contributed by atoms with Crippen molar-refractivity contribution in [1.82, 2.24) is 20.2 Å². The Bertz CT molecular complexity index is 269. The molecule has 4 nitrogen and oxygen atoms in total. The molecule has 0 bridgehead atoms. The van der Waals surface area contributed by atoms with E-state index in [4.69, 9.17) is 0 Å². The highest BCUT2D eigenvalue weighted by Crippen LogP contribution is 2.15. The van der Waals surface area contributed by atoms with E-state index in [0.29, 0.717) is 6.54 Å². The quantitative estimate of drug-likeness (QED) is 0.619. The van der Waals surface area contributed by atoms with Crippen LogP contribution in [-0.4, -0.2) is 20.2 Å². The maximum Gasteiger partial charge on any atom is 0.180 e. The summed E-state index contributed by atoms with van der Waals surface area (Å²) in [4.78, 5) is 1.54. The van der Waals surface area contributed by atoms with Crippen molar-refractivity contribution < 1.29 is 0 Å². The van der Waals surface area contributed by atoms with E-state index in [1.54, 1.807) is 6.08 Å². The van der Waals surface area contributed by atoms with E-state index in [9.17, 15) is 0 Å². The first-order chi connectivity index (χ1) is 5.54. The van der Waals surface area contributed by atoms with Crippen molar-refractivity contribution in [3.8, 4) is 0 Å². The van der Waals surface area contributed by atoms with Gasteiger partial charge in [-0.3, -0.25) is 0 Å². The number of tetrazole rings is 1. The van der Waals surface area contributed by atoms with Crippen LogP contribution in [0.25, 0.3) is 0 Å². The molecule has 0 spiro atoms. The Labute approximate surface area is 72.3 Å². The van der Waals surface area contributed by atoms with Crippen molar-refractivity contribution in [2.24, 2.45) is 0 Å². The Kier molecular flexibility index (Phi) is 2.26. The molecular formula is C8H14N4. The lowest BCUT2D eigenvalue weighted by Gasteiger charge is -2.10. The summed E-state index contributed by atoms with van der Waals surface area (Å²) in [5, 5.41) is 12.0. The minimum absolute atomic E-state index is 0.0284. The fraction of sp³-hybridized carbons (Fsp3) is 0.625. The molecule has 1 heterocycles. The van der Waals surface area contributed by atoms with Gasteiger partial charge in [-0.2, -0.15) is 4.80 Å². The van der Waals surface area contributed by atoms with Crippen LogP contribution in [0.5, 0.6) is 0 Å². The van der Waals surface area contributed by atoms with Crippen molar-refractivity contribution in [3.05, 3.63) is 18.5 Å². The molecule has 12 heavy (non-hydrogen) atoms. The summed E-state index contributed by atoms with van der Waals surface area (Å²) in [7, 11) is 0. The van der Waals surface area contributed by atoms with Gasteiger partial charge in [0, 0.05) is 5.41 Å². The first-order valence-corrected chi connectivity index (χ1v) is 3.93. The van der Waals surface area contributed by atoms with Crippen molar-refractivity contribution >= 4 is 0 Å². The molecule has 0 radical (unpaired) electrons. The third kappa shape index (κ3) is 1.90. The minimum Gasteiger partial charge on any atom is -0.160 e. The number of hydrogen-bond acceptors (Lipinski definition) is 3. The lowest BCUT2D eigenvalue weighted by atomic mass is 9.96. The zero-order valence-corrected chi connectivity index (χ0v) is 7.78. The Morgan fingerprint density at radius 1 is 1.50 bits per heavy atom. The van der Waals surface area contributed by atoms with Gasteiger partial charge in [0.2, 0.25) is 0 Å². The number of nitrogens with zero attached hydrogens (tertiary/aromatic N) is 4. The average molecular weight is 166 g/mol. The van der Waals surface area contributed by atoms with Gasteiger partial charge in [0.25, 0.3) is 0 Å². The molecule has 0 amide bonds. The van der Waals surface area contributed by atoms with E-state index in [1.165, 1.54) is 4.80 Å². The molecule has 0 N–H and O–H groups in total. The summed E-state index contributed by atoms with van der Waals surface area (Å²) in [5.74, 6) is 0.768. The fourth-order valence-corrected chi connectivity index (χ4v) is 0.736. The molecule has 1 aromatic rings. The van der Waals surface area contributed by atoms with Gasteiger partial charge in [0.05, 0.1) is 6.54 Å². The van der Waals surface area contributed by atoms with Crippen molar-refractivity contribution in [2.45, 2.75) is 32.7 Å². The van der Waals surface area contributed by atoms with Crippen LogP contribution in [0.1, 0.15) is 26.6 Å². The molecule has 0 aromatic carbocycles. The number of allylic oxidation sites excluding steroid dienone is 1. The summed E-state index contributed by atoms with van der Waals surface area (Å²) >= 11 is 0. The smallest absolute Gasteiger partial charge is 0.160 e. The molecular weight excluding hydrogens is 152 g/mol. The van der Waals surface area contributed by atoms with Crippen molar-refractivity contribution in [3.63, 3.8) is 0 Å². The van der Waals surface area contributed by atoms with Crippen LogP contribution in [0.15, 0.2) is 12.7 Å². The van der Waals surface area contributed by atoms with Gasteiger partial charge in [-0.05, 0) is 5.21 Å². The zero-order chi connectivity index (χ0) is 9.19. The zero-order valence-electron chi connectivity index (χ0n) is 7.78. The van der Waals surface area contributed by atoms with Gasteiger partial charge in [-0.25, -0.2) is 0 Å². The van der Waals surface area contributed by atoms with Crippen LogP contribution in [0.2, 0.25) is 0 Å². The highest BCUT2D eigenvalue weighted by atomic mass is 15.6. The number of hydrogen-bond donors (Lipinski definition) is 0. The van der Waals surface area contributed by atoms with E-state index < -0.39 is 0 Å². The van der Waals surface area contributed by atoms with Gasteiger partial charge in [0.1, 0.15) is 0 Å². The molecule has 0 unspecified atom stereocenters. The predicted molar refractivity (Wildman–Crippen MR) is 46.7 cm³/mol. The molecule has 0 atom stereocenters. The normalized spacial score (nSPS) is 11.6. The van der Waals surface area contributed by atoms with Gasteiger partial charge < -0.3 is 0 Å². The van der Waals surface area contributed by atoms with Crippen LogP contribution in [0.4, 0.5) is 0 Å².